The predicted octanol–water partition coefficient (Wildman–Crippen LogP) is 4.39. The minimum Gasteiger partial charge on any atom is -0.246 e. The van der Waals surface area contributed by atoms with Crippen LogP contribution in [0.4, 0.5) is 4.39 Å². The Labute approximate surface area is 95.7 Å². The second-order valence-corrected chi connectivity index (χ2v) is 3.84. The van der Waals surface area contributed by atoms with Crippen LogP contribution >= 0.6 is 0 Å². The van der Waals surface area contributed by atoms with E-state index in [1.165, 1.54) is 11.1 Å². The predicted molar refractivity (Wildman–Crippen MR) is 66.1 cm³/mol. The van der Waals surface area contributed by atoms with Crippen LogP contribution in [0.3, 0.4) is 0 Å². The van der Waals surface area contributed by atoms with E-state index in [9.17, 15) is 4.39 Å². The van der Waals surface area contributed by atoms with Crippen molar-refractivity contribution >= 4 is 0 Å². The molecule has 82 valence electrons. The summed E-state index contributed by atoms with van der Waals surface area (Å²) in [4.78, 5) is 0. The molecule has 0 bridgehead atoms. The van der Waals surface area contributed by atoms with Gasteiger partial charge in [-0.2, -0.15) is 0 Å². The highest BCUT2D eigenvalue weighted by Crippen LogP contribution is 2.24. The Kier molecular flexibility index (Phi) is 3.35. The van der Waals surface area contributed by atoms with Gasteiger partial charge in [0.15, 0.2) is 0 Å². The highest BCUT2D eigenvalue weighted by molar-refractivity contribution is 5.67. The molecule has 0 saturated carbocycles. The molecule has 0 fully saturated rings. The fourth-order valence-electron chi connectivity index (χ4n) is 1.88. The Bertz CT molecular complexity index is 457. The number of hydrogen-bond donors (Lipinski definition) is 0. The van der Waals surface area contributed by atoms with E-state index in [-0.39, 0.29) is 0 Å². The number of rotatable bonds is 3. The van der Waals surface area contributed by atoms with E-state index >= 15 is 0 Å². The molecule has 0 radical (unpaired) electrons. The summed E-state index contributed by atoms with van der Waals surface area (Å²) in [6, 6.07) is 16.0. The maximum absolute atomic E-state index is 12.4. The molecule has 2 rings (SSSR count). The standard InChI is InChI=1S/C15H15F/c1-2-13-5-3-4-6-15(13)14-9-7-12(11-16)8-10-14/h3-10H,2,11H2,1H3. The van der Waals surface area contributed by atoms with Crippen LogP contribution in [0.5, 0.6) is 0 Å². The summed E-state index contributed by atoms with van der Waals surface area (Å²) in [5.41, 5.74) is 4.47. The maximum atomic E-state index is 12.4. The third-order valence-electron chi connectivity index (χ3n) is 2.82. The molecule has 0 spiro atoms. The second kappa shape index (κ2) is 4.93. The first-order valence-electron chi connectivity index (χ1n) is 5.58. The first-order chi connectivity index (χ1) is 7.85. The zero-order valence-corrected chi connectivity index (χ0v) is 9.41. The van der Waals surface area contributed by atoms with Crippen molar-refractivity contribution in [1.82, 2.24) is 0 Å². The number of halogens is 1. The molecular formula is C15H15F. The first kappa shape index (κ1) is 10.9. The van der Waals surface area contributed by atoms with Gasteiger partial charge in [0.2, 0.25) is 0 Å². The van der Waals surface area contributed by atoms with Crippen molar-refractivity contribution in [1.29, 1.82) is 0 Å². The fraction of sp³-hybridized carbons (Fsp3) is 0.200. The molecule has 0 unspecified atom stereocenters. The quantitative estimate of drug-likeness (QED) is 0.711. The maximum Gasteiger partial charge on any atom is 0.115 e. The third kappa shape index (κ3) is 2.13. The summed E-state index contributed by atoms with van der Waals surface area (Å²) in [6.07, 6.45) is 1.01. The Hall–Kier alpha value is -1.63. The van der Waals surface area contributed by atoms with Gasteiger partial charge in [-0.25, -0.2) is 4.39 Å². The molecule has 0 amide bonds. The van der Waals surface area contributed by atoms with Gasteiger partial charge in [-0.1, -0.05) is 55.5 Å². The van der Waals surface area contributed by atoms with Crippen LogP contribution in [0.15, 0.2) is 48.5 Å². The summed E-state index contributed by atoms with van der Waals surface area (Å²) >= 11 is 0. The lowest BCUT2D eigenvalue weighted by molar-refractivity contribution is 0.485. The van der Waals surface area contributed by atoms with Crippen LogP contribution in [0.2, 0.25) is 0 Å². The zero-order valence-electron chi connectivity index (χ0n) is 9.41. The molecule has 0 heterocycles. The second-order valence-electron chi connectivity index (χ2n) is 3.84. The SMILES string of the molecule is CCc1ccccc1-c1ccc(CF)cc1. The van der Waals surface area contributed by atoms with Gasteiger partial charge < -0.3 is 0 Å². The van der Waals surface area contributed by atoms with Crippen molar-refractivity contribution in [3.05, 3.63) is 59.7 Å². The van der Waals surface area contributed by atoms with Crippen LogP contribution in [-0.4, -0.2) is 0 Å². The lowest BCUT2D eigenvalue weighted by atomic mass is 9.97. The smallest absolute Gasteiger partial charge is 0.115 e. The Morgan fingerprint density at radius 1 is 0.938 bits per heavy atom. The lowest BCUT2D eigenvalue weighted by Crippen LogP contribution is -1.87. The van der Waals surface area contributed by atoms with E-state index in [0.29, 0.717) is 0 Å². The number of aryl methyl sites for hydroxylation is 1. The zero-order chi connectivity index (χ0) is 11.4. The van der Waals surface area contributed by atoms with Gasteiger partial charge in [-0.3, -0.25) is 0 Å². The molecule has 0 saturated heterocycles. The number of hydrogen-bond acceptors (Lipinski definition) is 0. The molecule has 1 heteroatoms. The molecule has 2 aromatic rings. The largest absolute Gasteiger partial charge is 0.246 e. The molecule has 0 aliphatic heterocycles. The number of benzene rings is 2. The van der Waals surface area contributed by atoms with Crippen LogP contribution in [0, 0.1) is 0 Å². The highest BCUT2D eigenvalue weighted by Gasteiger charge is 2.02. The highest BCUT2D eigenvalue weighted by atomic mass is 19.1. The van der Waals surface area contributed by atoms with Gasteiger partial charge in [-0.15, -0.1) is 0 Å². The Balaban J connectivity index is 2.42. The normalized spacial score (nSPS) is 10.4. The van der Waals surface area contributed by atoms with Crippen LogP contribution in [0.1, 0.15) is 18.1 Å². The van der Waals surface area contributed by atoms with Crippen molar-refractivity contribution in [2.24, 2.45) is 0 Å². The first-order valence-corrected chi connectivity index (χ1v) is 5.58. The molecule has 2 aromatic carbocycles. The van der Waals surface area contributed by atoms with Gasteiger partial charge in [-0.05, 0) is 28.7 Å². The van der Waals surface area contributed by atoms with E-state index in [4.69, 9.17) is 0 Å². The summed E-state index contributed by atoms with van der Waals surface area (Å²) in [7, 11) is 0. The Morgan fingerprint density at radius 2 is 1.62 bits per heavy atom. The fourth-order valence-corrected chi connectivity index (χ4v) is 1.88. The van der Waals surface area contributed by atoms with Crippen molar-refractivity contribution in [2.75, 3.05) is 0 Å². The molecule has 0 aliphatic rings. The molecule has 0 aliphatic carbocycles. The Morgan fingerprint density at radius 3 is 2.25 bits per heavy atom. The van der Waals surface area contributed by atoms with Gasteiger partial charge in [0.25, 0.3) is 0 Å². The third-order valence-corrected chi connectivity index (χ3v) is 2.82. The van der Waals surface area contributed by atoms with E-state index in [1.54, 1.807) is 0 Å². The molecule has 16 heavy (non-hydrogen) atoms. The van der Waals surface area contributed by atoms with Gasteiger partial charge >= 0.3 is 0 Å². The minimum atomic E-state index is -0.393. The summed E-state index contributed by atoms with van der Waals surface area (Å²) in [5, 5.41) is 0. The van der Waals surface area contributed by atoms with Crippen LogP contribution in [-0.2, 0) is 13.1 Å². The van der Waals surface area contributed by atoms with Crippen molar-refractivity contribution in [2.45, 2.75) is 20.0 Å². The van der Waals surface area contributed by atoms with Crippen LogP contribution < -0.4 is 0 Å². The summed E-state index contributed by atoms with van der Waals surface area (Å²) in [5.74, 6) is 0. The average Bonchev–Trinajstić information content (AvgIpc) is 2.39. The average molecular weight is 214 g/mol. The van der Waals surface area contributed by atoms with Crippen molar-refractivity contribution in [3.63, 3.8) is 0 Å². The van der Waals surface area contributed by atoms with E-state index in [1.807, 2.05) is 30.3 Å². The van der Waals surface area contributed by atoms with Crippen LogP contribution in [0.25, 0.3) is 11.1 Å². The lowest BCUT2D eigenvalue weighted by Gasteiger charge is -2.08. The molecule has 0 atom stereocenters. The van der Waals surface area contributed by atoms with Crippen molar-refractivity contribution < 1.29 is 4.39 Å². The van der Waals surface area contributed by atoms with E-state index < -0.39 is 6.67 Å². The topological polar surface area (TPSA) is 0 Å². The molecule has 0 nitrogen and oxygen atoms in total. The summed E-state index contributed by atoms with van der Waals surface area (Å²) < 4.78 is 12.4. The van der Waals surface area contributed by atoms with Gasteiger partial charge in [0, 0.05) is 0 Å². The van der Waals surface area contributed by atoms with E-state index in [2.05, 4.69) is 25.1 Å². The number of alkyl halides is 1. The minimum absolute atomic E-state index is 0.393. The van der Waals surface area contributed by atoms with Gasteiger partial charge in [0.1, 0.15) is 6.67 Å². The monoisotopic (exact) mass is 214 g/mol. The van der Waals surface area contributed by atoms with Gasteiger partial charge in [0.05, 0.1) is 0 Å². The summed E-state index contributed by atoms with van der Waals surface area (Å²) in [6.45, 7) is 1.75. The van der Waals surface area contributed by atoms with E-state index in [0.717, 1.165) is 17.5 Å². The molecule has 0 N–H and O–H groups in total. The molecular weight excluding hydrogens is 199 g/mol. The molecule has 0 aromatic heterocycles. The van der Waals surface area contributed by atoms with Crippen molar-refractivity contribution in [3.8, 4) is 11.1 Å².